The van der Waals surface area contributed by atoms with Crippen LogP contribution < -0.4 is 15.5 Å². The van der Waals surface area contributed by atoms with Crippen LogP contribution in [-0.4, -0.2) is 37.3 Å². The number of rotatable bonds is 4. The zero-order valence-corrected chi connectivity index (χ0v) is 16.9. The van der Waals surface area contributed by atoms with Gasteiger partial charge in [-0.1, -0.05) is 35.3 Å². The number of hydrogen-bond donors (Lipinski definition) is 3. The Hall–Kier alpha value is -1.70. The highest BCUT2D eigenvalue weighted by atomic mass is 35.5. The van der Waals surface area contributed by atoms with Gasteiger partial charge >= 0.3 is 0 Å². The maximum absolute atomic E-state index is 12.3. The second-order valence-corrected chi connectivity index (χ2v) is 7.52. The van der Waals surface area contributed by atoms with Crippen molar-refractivity contribution in [1.29, 1.82) is 0 Å². The Morgan fingerprint density at radius 2 is 1.81 bits per heavy atom. The van der Waals surface area contributed by atoms with Gasteiger partial charge in [0.15, 0.2) is 5.11 Å². The maximum atomic E-state index is 12.3. The molecule has 1 aliphatic heterocycles. The number of benzene rings is 2. The minimum atomic E-state index is -0.387. The molecule has 1 heterocycles. The summed E-state index contributed by atoms with van der Waals surface area (Å²) < 4.78 is 5.38. The second kappa shape index (κ2) is 9.48. The summed E-state index contributed by atoms with van der Waals surface area (Å²) in [6.07, 6.45) is 0. The van der Waals surface area contributed by atoms with Crippen LogP contribution in [0.25, 0.3) is 0 Å². The van der Waals surface area contributed by atoms with Gasteiger partial charge in [-0.2, -0.15) is 0 Å². The van der Waals surface area contributed by atoms with Crippen LogP contribution in [0.2, 0.25) is 10.0 Å². The molecule has 142 valence electrons. The van der Waals surface area contributed by atoms with E-state index in [-0.39, 0.29) is 16.0 Å². The maximum Gasteiger partial charge on any atom is 0.258 e. The Labute approximate surface area is 173 Å². The number of carbonyl (C=O) groups excluding carboxylic acids is 1. The number of nitrogens with one attached hydrogen (secondary N) is 3. The zero-order chi connectivity index (χ0) is 19.2. The molecule has 0 aliphatic carbocycles. The lowest BCUT2D eigenvalue weighted by Crippen LogP contribution is -3.12. The summed E-state index contributed by atoms with van der Waals surface area (Å²) in [5.74, 6) is -0.387. The molecule has 1 aliphatic rings. The minimum Gasteiger partial charge on any atom is -0.370 e. The number of ether oxygens (including phenoxy) is 1. The van der Waals surface area contributed by atoms with Crippen molar-refractivity contribution in [2.45, 2.75) is 6.54 Å². The average Bonchev–Trinajstić information content (AvgIpc) is 2.64. The van der Waals surface area contributed by atoms with Gasteiger partial charge in [0.25, 0.3) is 5.91 Å². The predicted molar refractivity (Wildman–Crippen MR) is 112 cm³/mol. The van der Waals surface area contributed by atoms with Gasteiger partial charge in [-0.05, 0) is 42.5 Å². The molecule has 3 N–H and O–H groups in total. The molecule has 0 atom stereocenters. The predicted octanol–water partition coefficient (Wildman–Crippen LogP) is 2.54. The SMILES string of the molecule is O=C(NC(=S)Nc1ccc(C[NH+]2CCOCC2)cc1)c1ccc(Cl)cc1Cl. The van der Waals surface area contributed by atoms with Crippen molar-refractivity contribution in [3.05, 3.63) is 63.6 Å². The number of amides is 1. The molecule has 0 radical (unpaired) electrons. The normalized spacial score (nSPS) is 14.6. The third kappa shape index (κ3) is 5.89. The number of carbonyl (C=O) groups is 1. The highest BCUT2D eigenvalue weighted by Gasteiger charge is 2.15. The molecule has 2 aromatic rings. The van der Waals surface area contributed by atoms with Gasteiger partial charge in [0, 0.05) is 16.3 Å². The Kier molecular flexibility index (Phi) is 7.04. The molecule has 2 aromatic carbocycles. The summed E-state index contributed by atoms with van der Waals surface area (Å²) >= 11 is 17.1. The summed E-state index contributed by atoms with van der Waals surface area (Å²) in [4.78, 5) is 13.8. The largest absolute Gasteiger partial charge is 0.370 e. The number of hydrogen-bond acceptors (Lipinski definition) is 3. The first kappa shape index (κ1) is 20.0. The number of halogens is 2. The lowest BCUT2D eigenvalue weighted by atomic mass is 10.2. The highest BCUT2D eigenvalue weighted by Crippen LogP contribution is 2.20. The van der Waals surface area contributed by atoms with E-state index in [1.54, 1.807) is 12.1 Å². The third-order valence-electron chi connectivity index (χ3n) is 4.27. The van der Waals surface area contributed by atoms with Crippen LogP contribution in [0, 0.1) is 0 Å². The van der Waals surface area contributed by atoms with Gasteiger partial charge in [0.1, 0.15) is 19.6 Å². The second-order valence-electron chi connectivity index (χ2n) is 6.27. The summed E-state index contributed by atoms with van der Waals surface area (Å²) in [6, 6.07) is 12.7. The monoisotopic (exact) mass is 424 g/mol. The van der Waals surface area contributed by atoms with E-state index in [1.807, 2.05) is 12.1 Å². The fourth-order valence-corrected chi connectivity index (χ4v) is 3.54. The number of quaternary nitrogens is 1. The number of thiocarbonyl (C=S) groups is 1. The van der Waals surface area contributed by atoms with Crippen molar-refractivity contribution in [3.63, 3.8) is 0 Å². The fraction of sp³-hybridized carbons (Fsp3) is 0.263. The third-order valence-corrected chi connectivity index (χ3v) is 5.02. The molecule has 1 fully saturated rings. The molecule has 1 saturated heterocycles. The van der Waals surface area contributed by atoms with Crippen molar-refractivity contribution in [2.75, 3.05) is 31.6 Å². The van der Waals surface area contributed by atoms with Gasteiger partial charge < -0.3 is 15.0 Å². The molecular weight excluding hydrogens is 405 g/mol. The first-order chi connectivity index (χ1) is 13.0. The molecule has 1 amide bonds. The summed E-state index contributed by atoms with van der Waals surface area (Å²) in [7, 11) is 0. The fourth-order valence-electron chi connectivity index (χ4n) is 2.84. The molecule has 0 bridgehead atoms. The molecule has 0 spiro atoms. The van der Waals surface area contributed by atoms with Crippen LogP contribution in [0.1, 0.15) is 15.9 Å². The molecule has 8 heteroatoms. The lowest BCUT2D eigenvalue weighted by Gasteiger charge is -2.23. The number of anilines is 1. The van der Waals surface area contributed by atoms with E-state index in [9.17, 15) is 4.79 Å². The Morgan fingerprint density at radius 1 is 1.11 bits per heavy atom. The molecule has 5 nitrogen and oxygen atoms in total. The van der Waals surface area contributed by atoms with Crippen LogP contribution in [0.4, 0.5) is 5.69 Å². The molecule has 0 aromatic heterocycles. The standard InChI is InChI=1S/C19H19Cl2N3O2S/c20-14-3-6-16(17(21)11-14)18(25)23-19(27)22-15-4-1-13(2-5-15)12-24-7-9-26-10-8-24/h1-6,11H,7-10,12H2,(H2,22,23,25,27)/p+1. The van der Waals surface area contributed by atoms with E-state index in [0.717, 1.165) is 38.5 Å². The Bertz CT molecular complexity index is 824. The van der Waals surface area contributed by atoms with E-state index in [1.165, 1.54) is 16.5 Å². The van der Waals surface area contributed by atoms with Gasteiger partial charge in [-0.15, -0.1) is 0 Å². The van der Waals surface area contributed by atoms with Crippen molar-refractivity contribution < 1.29 is 14.4 Å². The quantitative estimate of drug-likeness (QED) is 0.660. The highest BCUT2D eigenvalue weighted by molar-refractivity contribution is 7.80. The smallest absolute Gasteiger partial charge is 0.258 e. The van der Waals surface area contributed by atoms with Crippen molar-refractivity contribution in [1.82, 2.24) is 5.32 Å². The van der Waals surface area contributed by atoms with Crippen LogP contribution in [0.3, 0.4) is 0 Å². The van der Waals surface area contributed by atoms with Crippen molar-refractivity contribution >= 4 is 52.1 Å². The average molecular weight is 425 g/mol. The van der Waals surface area contributed by atoms with E-state index in [0.29, 0.717) is 10.6 Å². The van der Waals surface area contributed by atoms with Crippen LogP contribution in [-0.2, 0) is 11.3 Å². The summed E-state index contributed by atoms with van der Waals surface area (Å²) in [6.45, 7) is 4.67. The zero-order valence-electron chi connectivity index (χ0n) is 14.6. The van der Waals surface area contributed by atoms with Gasteiger partial charge in [-0.25, -0.2) is 0 Å². The van der Waals surface area contributed by atoms with Gasteiger partial charge in [-0.3, -0.25) is 10.1 Å². The topological polar surface area (TPSA) is 54.8 Å². The molecule has 3 rings (SSSR count). The van der Waals surface area contributed by atoms with Crippen LogP contribution >= 0.6 is 35.4 Å². The van der Waals surface area contributed by atoms with E-state index in [2.05, 4.69) is 22.8 Å². The molecule has 0 unspecified atom stereocenters. The van der Waals surface area contributed by atoms with Crippen molar-refractivity contribution in [3.8, 4) is 0 Å². The van der Waals surface area contributed by atoms with Gasteiger partial charge in [0.05, 0.1) is 23.8 Å². The summed E-state index contributed by atoms with van der Waals surface area (Å²) in [5.41, 5.74) is 2.37. The lowest BCUT2D eigenvalue weighted by molar-refractivity contribution is -0.921. The minimum absolute atomic E-state index is 0.206. The van der Waals surface area contributed by atoms with E-state index in [4.69, 9.17) is 40.2 Å². The molecule has 0 saturated carbocycles. The Balaban J connectivity index is 1.53. The number of morpholine rings is 1. The molecule has 27 heavy (non-hydrogen) atoms. The molecular formula is C19H20Cl2N3O2S+. The van der Waals surface area contributed by atoms with Gasteiger partial charge in [0.2, 0.25) is 0 Å². The van der Waals surface area contributed by atoms with Crippen LogP contribution in [0.15, 0.2) is 42.5 Å². The van der Waals surface area contributed by atoms with Crippen molar-refractivity contribution in [2.24, 2.45) is 0 Å². The summed E-state index contributed by atoms with van der Waals surface area (Å²) in [5, 5.41) is 6.58. The van der Waals surface area contributed by atoms with E-state index >= 15 is 0 Å². The first-order valence-corrected chi connectivity index (χ1v) is 9.75. The first-order valence-electron chi connectivity index (χ1n) is 8.59. The Morgan fingerprint density at radius 3 is 2.48 bits per heavy atom. The van der Waals surface area contributed by atoms with E-state index < -0.39 is 0 Å². The van der Waals surface area contributed by atoms with Crippen LogP contribution in [0.5, 0.6) is 0 Å².